The number of carbonyl (C=O) groups excluding carboxylic acids is 1. The molecule has 1 saturated heterocycles. The molecule has 0 saturated carbocycles. The SMILES string of the molecule is CC(C)(c1ccc(Br)cc1)c1csc(NC(=O)NCc2ccc(OCCCN3CCNCC3)cc2)n1. The van der Waals surface area contributed by atoms with Crippen molar-refractivity contribution >= 4 is 38.4 Å². The van der Waals surface area contributed by atoms with Gasteiger partial charge in [0.15, 0.2) is 5.13 Å². The average Bonchev–Trinajstić information content (AvgIpc) is 3.36. The van der Waals surface area contributed by atoms with E-state index < -0.39 is 0 Å². The molecule has 1 fully saturated rings. The molecule has 36 heavy (non-hydrogen) atoms. The summed E-state index contributed by atoms with van der Waals surface area (Å²) in [5.74, 6) is 0.854. The van der Waals surface area contributed by atoms with Gasteiger partial charge in [-0.2, -0.15) is 0 Å². The van der Waals surface area contributed by atoms with Crippen molar-refractivity contribution in [1.82, 2.24) is 20.5 Å². The maximum absolute atomic E-state index is 12.4. The molecule has 9 heteroatoms. The van der Waals surface area contributed by atoms with Crippen molar-refractivity contribution in [2.45, 2.75) is 32.2 Å². The molecule has 1 aliphatic rings. The van der Waals surface area contributed by atoms with Gasteiger partial charge < -0.3 is 20.3 Å². The number of piperazine rings is 1. The Morgan fingerprint density at radius 1 is 1.14 bits per heavy atom. The highest BCUT2D eigenvalue weighted by atomic mass is 79.9. The third kappa shape index (κ3) is 7.52. The normalized spacial score (nSPS) is 14.4. The highest BCUT2D eigenvalue weighted by Crippen LogP contribution is 2.34. The first-order valence-corrected chi connectivity index (χ1v) is 14.0. The van der Waals surface area contributed by atoms with Crippen LogP contribution in [0.5, 0.6) is 5.75 Å². The van der Waals surface area contributed by atoms with E-state index in [4.69, 9.17) is 4.74 Å². The number of nitrogens with zero attached hydrogens (tertiary/aromatic N) is 2. The first kappa shape index (κ1) is 26.6. The Kier molecular flexibility index (Phi) is 9.36. The van der Waals surface area contributed by atoms with E-state index in [9.17, 15) is 4.79 Å². The van der Waals surface area contributed by atoms with E-state index in [0.717, 1.165) is 60.6 Å². The molecule has 2 amide bonds. The summed E-state index contributed by atoms with van der Waals surface area (Å²) < 4.78 is 6.92. The second kappa shape index (κ2) is 12.7. The van der Waals surface area contributed by atoms with Gasteiger partial charge in [0.05, 0.1) is 12.3 Å². The number of benzene rings is 2. The summed E-state index contributed by atoms with van der Waals surface area (Å²) in [5, 5.41) is 11.7. The van der Waals surface area contributed by atoms with Crippen LogP contribution < -0.4 is 20.7 Å². The lowest BCUT2D eigenvalue weighted by molar-refractivity contribution is 0.214. The van der Waals surface area contributed by atoms with E-state index in [-0.39, 0.29) is 11.4 Å². The molecule has 7 nitrogen and oxygen atoms in total. The molecule has 0 spiro atoms. The van der Waals surface area contributed by atoms with Crippen molar-refractivity contribution in [3.05, 3.63) is 75.2 Å². The number of halogens is 1. The van der Waals surface area contributed by atoms with Gasteiger partial charge in [0.2, 0.25) is 0 Å². The largest absolute Gasteiger partial charge is 0.494 e. The minimum Gasteiger partial charge on any atom is -0.494 e. The van der Waals surface area contributed by atoms with Gasteiger partial charge in [-0.3, -0.25) is 5.32 Å². The second-order valence-electron chi connectivity index (χ2n) is 9.42. The highest BCUT2D eigenvalue weighted by Gasteiger charge is 2.26. The van der Waals surface area contributed by atoms with Crippen molar-refractivity contribution in [1.29, 1.82) is 0 Å². The number of nitrogens with one attached hydrogen (secondary N) is 3. The summed E-state index contributed by atoms with van der Waals surface area (Å²) in [6.07, 6.45) is 1.02. The number of hydrogen-bond acceptors (Lipinski definition) is 6. The van der Waals surface area contributed by atoms with E-state index in [1.54, 1.807) is 0 Å². The molecule has 2 aromatic carbocycles. The zero-order chi connectivity index (χ0) is 25.4. The molecule has 3 N–H and O–H groups in total. The lowest BCUT2D eigenvalue weighted by Crippen LogP contribution is -2.43. The number of amides is 2. The summed E-state index contributed by atoms with van der Waals surface area (Å²) in [4.78, 5) is 19.6. The van der Waals surface area contributed by atoms with Gasteiger partial charge in [-0.1, -0.05) is 54.0 Å². The van der Waals surface area contributed by atoms with Crippen molar-refractivity contribution in [3.8, 4) is 5.75 Å². The van der Waals surface area contributed by atoms with E-state index in [2.05, 4.69) is 67.7 Å². The van der Waals surface area contributed by atoms with Crippen LogP contribution in [0.2, 0.25) is 0 Å². The van der Waals surface area contributed by atoms with Crippen molar-refractivity contribution in [2.24, 2.45) is 0 Å². The Balaban J connectivity index is 1.19. The highest BCUT2D eigenvalue weighted by molar-refractivity contribution is 9.10. The fourth-order valence-corrected chi connectivity index (χ4v) is 5.21. The third-order valence-electron chi connectivity index (χ3n) is 6.40. The van der Waals surface area contributed by atoms with Crippen LogP contribution in [0.4, 0.5) is 9.93 Å². The molecule has 0 radical (unpaired) electrons. The van der Waals surface area contributed by atoms with Crippen LogP contribution in [0, 0.1) is 0 Å². The van der Waals surface area contributed by atoms with Gasteiger partial charge in [-0.05, 0) is 41.8 Å². The van der Waals surface area contributed by atoms with Crippen LogP contribution in [0.1, 0.15) is 37.1 Å². The van der Waals surface area contributed by atoms with Gasteiger partial charge in [0, 0.05) is 54.5 Å². The van der Waals surface area contributed by atoms with Gasteiger partial charge in [0.25, 0.3) is 0 Å². The predicted octanol–water partition coefficient (Wildman–Crippen LogP) is 5.23. The number of carbonyl (C=O) groups is 1. The maximum atomic E-state index is 12.4. The molecule has 0 unspecified atom stereocenters. The first-order chi connectivity index (χ1) is 17.4. The van der Waals surface area contributed by atoms with Crippen molar-refractivity contribution in [2.75, 3.05) is 44.6 Å². The molecule has 0 bridgehead atoms. The third-order valence-corrected chi connectivity index (χ3v) is 7.69. The Labute approximate surface area is 225 Å². The predicted molar refractivity (Wildman–Crippen MR) is 150 cm³/mol. The second-order valence-corrected chi connectivity index (χ2v) is 11.2. The molecule has 3 aromatic rings. The van der Waals surface area contributed by atoms with Gasteiger partial charge in [0.1, 0.15) is 5.75 Å². The van der Waals surface area contributed by atoms with Crippen molar-refractivity contribution < 1.29 is 9.53 Å². The van der Waals surface area contributed by atoms with Crippen LogP contribution in [-0.2, 0) is 12.0 Å². The summed E-state index contributed by atoms with van der Waals surface area (Å²) >= 11 is 4.91. The fraction of sp³-hybridized carbons (Fsp3) is 0.407. The minimum atomic E-state index is -0.273. The standard InChI is InChI=1S/C27H34BrN5O2S/c1-27(2,21-6-8-22(28)9-7-21)24-19-36-26(31-24)32-25(34)30-18-20-4-10-23(11-5-20)35-17-3-14-33-15-12-29-13-16-33/h4-11,19,29H,3,12-18H2,1-2H3,(H2,30,31,32,34). The van der Waals surface area contributed by atoms with E-state index in [0.29, 0.717) is 18.3 Å². The minimum absolute atomic E-state index is 0.261. The summed E-state index contributed by atoms with van der Waals surface area (Å²) in [7, 11) is 0. The maximum Gasteiger partial charge on any atom is 0.321 e. The Morgan fingerprint density at radius 2 is 1.86 bits per heavy atom. The van der Waals surface area contributed by atoms with Crippen LogP contribution in [0.3, 0.4) is 0 Å². The quantitative estimate of drug-likeness (QED) is 0.290. The number of aromatic nitrogens is 1. The number of hydrogen-bond donors (Lipinski definition) is 3. The number of anilines is 1. The van der Waals surface area contributed by atoms with Crippen LogP contribution in [-0.4, -0.2) is 55.2 Å². The Morgan fingerprint density at radius 3 is 2.58 bits per heavy atom. The number of thiazole rings is 1. The van der Waals surface area contributed by atoms with Crippen LogP contribution >= 0.6 is 27.3 Å². The topological polar surface area (TPSA) is 78.5 Å². The molecule has 4 rings (SSSR count). The van der Waals surface area contributed by atoms with Gasteiger partial charge >= 0.3 is 6.03 Å². The van der Waals surface area contributed by atoms with E-state index in [1.807, 2.05) is 41.8 Å². The number of rotatable bonds is 10. The fourth-order valence-electron chi connectivity index (χ4n) is 4.07. The first-order valence-electron chi connectivity index (χ1n) is 12.3. The van der Waals surface area contributed by atoms with Crippen LogP contribution in [0.25, 0.3) is 0 Å². The molecule has 0 atom stereocenters. The summed E-state index contributed by atoms with van der Waals surface area (Å²) in [6.45, 7) is 10.8. The summed E-state index contributed by atoms with van der Waals surface area (Å²) in [6, 6.07) is 15.8. The Hall–Kier alpha value is -2.46. The lowest BCUT2D eigenvalue weighted by atomic mass is 9.82. The monoisotopic (exact) mass is 571 g/mol. The average molecular weight is 573 g/mol. The van der Waals surface area contributed by atoms with Gasteiger partial charge in [-0.15, -0.1) is 11.3 Å². The Bertz CT molecular complexity index is 1110. The zero-order valence-corrected chi connectivity index (χ0v) is 23.3. The van der Waals surface area contributed by atoms with Crippen LogP contribution in [0.15, 0.2) is 58.4 Å². The molecule has 1 aliphatic heterocycles. The molecule has 0 aliphatic carbocycles. The number of ether oxygens (including phenoxy) is 1. The van der Waals surface area contributed by atoms with Crippen molar-refractivity contribution in [3.63, 3.8) is 0 Å². The molecule has 192 valence electrons. The van der Waals surface area contributed by atoms with E-state index >= 15 is 0 Å². The smallest absolute Gasteiger partial charge is 0.321 e. The lowest BCUT2D eigenvalue weighted by Gasteiger charge is -2.26. The van der Waals surface area contributed by atoms with Gasteiger partial charge in [-0.25, -0.2) is 9.78 Å². The van der Waals surface area contributed by atoms with E-state index in [1.165, 1.54) is 16.9 Å². The molecule has 2 heterocycles. The molecular formula is C27H34BrN5O2S. The molecule has 1 aromatic heterocycles. The summed E-state index contributed by atoms with van der Waals surface area (Å²) in [5.41, 5.74) is 2.84. The zero-order valence-electron chi connectivity index (χ0n) is 20.9. The molecular weight excluding hydrogens is 538 g/mol. The number of urea groups is 1.